The zero-order valence-electron chi connectivity index (χ0n) is 18.3. The monoisotopic (exact) mass is 522 g/mol. The summed E-state index contributed by atoms with van der Waals surface area (Å²) in [6, 6.07) is 19.7. The molecule has 0 fully saturated rings. The van der Waals surface area contributed by atoms with Crippen molar-refractivity contribution in [3.8, 4) is 22.8 Å². The van der Waals surface area contributed by atoms with E-state index in [1.54, 1.807) is 48.5 Å². The van der Waals surface area contributed by atoms with E-state index in [0.29, 0.717) is 60.4 Å². The van der Waals surface area contributed by atoms with E-state index in [2.05, 4.69) is 10.3 Å². The molecule has 0 radical (unpaired) electrons. The zero-order valence-corrected chi connectivity index (χ0v) is 20.6. The van der Waals surface area contributed by atoms with Crippen LogP contribution >= 0.6 is 34.8 Å². The molecule has 0 aliphatic carbocycles. The van der Waals surface area contributed by atoms with Crippen molar-refractivity contribution in [3.05, 3.63) is 99.2 Å². The number of nitrogens with one attached hydrogen (secondary N) is 1. The third kappa shape index (κ3) is 4.98. The van der Waals surface area contributed by atoms with E-state index in [9.17, 15) is 4.79 Å². The molecule has 0 unspecified atom stereocenters. The second-order valence-corrected chi connectivity index (χ2v) is 9.00. The van der Waals surface area contributed by atoms with Gasteiger partial charge in [-0.1, -0.05) is 46.9 Å². The normalized spacial score (nSPS) is 11.4. The standard InChI is InChI=1S/C27H17Cl3N2O3/c1-15-5-9-18(21(29)13-15)27-32-22-14-16(6-10-24(22)35-27)31-25(33)12-8-17-7-11-23(34-17)19-3-2-4-20(28)26(19)30/h2-14H,1H3,(H,31,33). The molecule has 174 valence electrons. The number of aryl methyl sites for hydroxylation is 1. The second-order valence-electron chi connectivity index (χ2n) is 7.81. The first-order valence-electron chi connectivity index (χ1n) is 10.6. The van der Waals surface area contributed by atoms with Crippen LogP contribution in [0.4, 0.5) is 5.69 Å². The first-order chi connectivity index (χ1) is 16.9. The molecule has 3 aromatic carbocycles. The highest BCUT2D eigenvalue weighted by Crippen LogP contribution is 2.35. The molecule has 0 aliphatic heterocycles. The molecule has 1 amide bonds. The Morgan fingerprint density at radius 1 is 0.914 bits per heavy atom. The Kier molecular flexibility index (Phi) is 6.39. The number of oxazole rings is 1. The number of furan rings is 1. The number of halogens is 3. The van der Waals surface area contributed by atoms with Crippen LogP contribution < -0.4 is 5.32 Å². The van der Waals surface area contributed by atoms with E-state index < -0.39 is 0 Å². The molecule has 8 heteroatoms. The first kappa shape index (κ1) is 23.2. The molecule has 5 aromatic rings. The summed E-state index contributed by atoms with van der Waals surface area (Å²) in [4.78, 5) is 17.0. The summed E-state index contributed by atoms with van der Waals surface area (Å²) in [6.07, 6.45) is 2.95. The van der Waals surface area contributed by atoms with Gasteiger partial charge in [0.25, 0.3) is 0 Å². The quantitative estimate of drug-likeness (QED) is 0.234. The fraction of sp³-hybridized carbons (Fsp3) is 0.0370. The molecule has 0 bridgehead atoms. The number of carbonyl (C=O) groups excluding carboxylic acids is 1. The lowest BCUT2D eigenvalue weighted by atomic mass is 10.1. The number of rotatable bonds is 5. The fourth-order valence-electron chi connectivity index (χ4n) is 3.54. The largest absolute Gasteiger partial charge is 0.457 e. The van der Waals surface area contributed by atoms with E-state index in [4.69, 9.17) is 43.6 Å². The van der Waals surface area contributed by atoms with E-state index in [1.807, 2.05) is 31.2 Å². The smallest absolute Gasteiger partial charge is 0.248 e. The summed E-state index contributed by atoms with van der Waals surface area (Å²) in [5.41, 5.74) is 4.20. The predicted molar refractivity (Wildman–Crippen MR) is 141 cm³/mol. The van der Waals surface area contributed by atoms with Crippen molar-refractivity contribution >= 4 is 63.6 Å². The van der Waals surface area contributed by atoms with Crippen LogP contribution in [0, 0.1) is 6.92 Å². The molecule has 2 aromatic heterocycles. The van der Waals surface area contributed by atoms with Gasteiger partial charge in [-0.25, -0.2) is 4.98 Å². The van der Waals surface area contributed by atoms with Crippen molar-refractivity contribution in [2.24, 2.45) is 0 Å². The maximum atomic E-state index is 12.5. The number of carbonyl (C=O) groups is 1. The molecule has 1 N–H and O–H groups in total. The molecular weight excluding hydrogens is 507 g/mol. The van der Waals surface area contributed by atoms with Crippen LogP contribution in [0.15, 0.2) is 81.6 Å². The Morgan fingerprint density at radius 3 is 2.60 bits per heavy atom. The fourth-order valence-corrected chi connectivity index (χ4v) is 4.25. The van der Waals surface area contributed by atoms with E-state index in [-0.39, 0.29) is 5.91 Å². The highest BCUT2D eigenvalue weighted by Gasteiger charge is 2.13. The third-order valence-electron chi connectivity index (χ3n) is 5.25. The molecular formula is C27H17Cl3N2O3. The van der Waals surface area contributed by atoms with Gasteiger partial charge in [0, 0.05) is 17.3 Å². The van der Waals surface area contributed by atoms with Gasteiger partial charge in [-0.2, -0.15) is 0 Å². The van der Waals surface area contributed by atoms with Gasteiger partial charge in [0.2, 0.25) is 11.8 Å². The van der Waals surface area contributed by atoms with Gasteiger partial charge in [-0.15, -0.1) is 0 Å². The van der Waals surface area contributed by atoms with Crippen LogP contribution in [-0.2, 0) is 4.79 Å². The highest BCUT2D eigenvalue weighted by atomic mass is 35.5. The Morgan fingerprint density at radius 2 is 1.77 bits per heavy atom. The summed E-state index contributed by atoms with van der Waals surface area (Å²) < 4.78 is 11.6. The van der Waals surface area contributed by atoms with Crippen molar-refractivity contribution in [3.63, 3.8) is 0 Å². The van der Waals surface area contributed by atoms with Crippen LogP contribution in [-0.4, -0.2) is 10.9 Å². The minimum Gasteiger partial charge on any atom is -0.457 e. The van der Waals surface area contributed by atoms with Crippen molar-refractivity contribution in [2.45, 2.75) is 6.92 Å². The van der Waals surface area contributed by atoms with Crippen LogP contribution in [0.3, 0.4) is 0 Å². The van der Waals surface area contributed by atoms with Gasteiger partial charge in [0.05, 0.1) is 20.6 Å². The van der Waals surface area contributed by atoms with Gasteiger partial charge in [-0.3, -0.25) is 4.79 Å². The number of nitrogens with zero attached hydrogens (tertiary/aromatic N) is 1. The van der Waals surface area contributed by atoms with Crippen LogP contribution in [0.1, 0.15) is 11.3 Å². The topological polar surface area (TPSA) is 68.3 Å². The maximum Gasteiger partial charge on any atom is 0.248 e. The van der Waals surface area contributed by atoms with E-state index in [1.165, 1.54) is 6.08 Å². The summed E-state index contributed by atoms with van der Waals surface area (Å²) >= 11 is 18.7. The van der Waals surface area contributed by atoms with E-state index in [0.717, 1.165) is 5.56 Å². The number of aromatic nitrogens is 1. The molecule has 2 heterocycles. The minimum absolute atomic E-state index is 0.326. The molecule has 0 saturated carbocycles. The Bertz CT molecular complexity index is 1600. The van der Waals surface area contributed by atoms with E-state index >= 15 is 0 Å². The summed E-state index contributed by atoms with van der Waals surface area (Å²) in [6.45, 7) is 1.96. The molecule has 0 spiro atoms. The van der Waals surface area contributed by atoms with Gasteiger partial charge in [0.15, 0.2) is 5.58 Å². The third-order valence-corrected chi connectivity index (χ3v) is 6.38. The zero-order chi connectivity index (χ0) is 24.5. The molecule has 0 atom stereocenters. The van der Waals surface area contributed by atoms with Crippen molar-refractivity contribution in [1.82, 2.24) is 4.98 Å². The number of amides is 1. The maximum absolute atomic E-state index is 12.5. The first-order valence-corrected chi connectivity index (χ1v) is 11.7. The van der Waals surface area contributed by atoms with Crippen LogP contribution in [0.2, 0.25) is 15.1 Å². The minimum atomic E-state index is -0.326. The van der Waals surface area contributed by atoms with Crippen molar-refractivity contribution in [1.29, 1.82) is 0 Å². The average molecular weight is 524 g/mol. The van der Waals surface area contributed by atoms with Crippen molar-refractivity contribution < 1.29 is 13.6 Å². The van der Waals surface area contributed by atoms with Gasteiger partial charge in [-0.05, 0) is 73.2 Å². The number of anilines is 1. The number of fused-ring (bicyclic) bond motifs is 1. The SMILES string of the molecule is Cc1ccc(-c2nc3cc(NC(=O)C=Cc4ccc(-c5cccc(Cl)c5Cl)o4)ccc3o2)c(Cl)c1. The number of hydrogen-bond donors (Lipinski definition) is 1. The molecule has 0 saturated heterocycles. The van der Waals surface area contributed by atoms with Gasteiger partial charge >= 0.3 is 0 Å². The lowest BCUT2D eigenvalue weighted by Gasteiger charge is -2.02. The number of hydrogen-bond acceptors (Lipinski definition) is 4. The predicted octanol–water partition coefficient (Wildman–Crippen LogP) is 8.68. The molecule has 5 rings (SSSR count). The van der Waals surface area contributed by atoms with Crippen LogP contribution in [0.5, 0.6) is 0 Å². The molecule has 5 nitrogen and oxygen atoms in total. The second kappa shape index (κ2) is 9.62. The van der Waals surface area contributed by atoms with Gasteiger partial charge < -0.3 is 14.2 Å². The Labute approximate surface area is 215 Å². The highest BCUT2D eigenvalue weighted by molar-refractivity contribution is 6.43. The molecule has 0 aliphatic rings. The summed E-state index contributed by atoms with van der Waals surface area (Å²) in [5.74, 6) is 1.14. The summed E-state index contributed by atoms with van der Waals surface area (Å²) in [7, 11) is 0. The number of benzene rings is 3. The Balaban J connectivity index is 1.30. The van der Waals surface area contributed by atoms with Gasteiger partial charge in [0.1, 0.15) is 17.0 Å². The van der Waals surface area contributed by atoms with Crippen LogP contribution in [0.25, 0.3) is 40.0 Å². The lowest BCUT2D eigenvalue weighted by molar-refractivity contribution is -0.111. The van der Waals surface area contributed by atoms with Crippen molar-refractivity contribution in [2.75, 3.05) is 5.32 Å². The average Bonchev–Trinajstić information content (AvgIpc) is 3.46. The Hall–Kier alpha value is -3.51. The summed E-state index contributed by atoms with van der Waals surface area (Å²) in [5, 5.41) is 4.23. The molecule has 35 heavy (non-hydrogen) atoms. The lowest BCUT2D eigenvalue weighted by Crippen LogP contribution is -2.07.